The average Bonchev–Trinajstić information content (AvgIpc) is 3.07. The number of nitrogens with zero attached hydrogens (tertiary/aromatic N) is 3. The molecule has 3 aromatic rings. The van der Waals surface area contributed by atoms with Crippen molar-refractivity contribution in [3.05, 3.63) is 68.4 Å². The first-order valence-electron chi connectivity index (χ1n) is 8.90. The Balaban J connectivity index is 1.63. The lowest BCUT2D eigenvalue weighted by Gasteiger charge is -2.10. The zero-order valence-corrected chi connectivity index (χ0v) is 19.0. The Morgan fingerprint density at radius 3 is 2.66 bits per heavy atom. The number of carbonyl (C=O) groups is 1. The molecule has 0 fully saturated rings. The number of esters is 1. The Hall–Kier alpha value is -2.27. The number of benzene rings is 2. The standard InChI is InChI=1S/C20H20IN3O4S/c1-3-27-19(25)11-28-18-9-8-17(10-14(18)2)29-13-24-20(26)23(12-22-24)16-6-4-15(21)5-7-16/h4-10,12H,3,11,13H2,1-2H3. The van der Waals surface area contributed by atoms with Gasteiger partial charge in [0.05, 0.1) is 18.2 Å². The van der Waals surface area contributed by atoms with Crippen LogP contribution in [0.25, 0.3) is 5.69 Å². The van der Waals surface area contributed by atoms with Crippen molar-refractivity contribution in [1.82, 2.24) is 14.3 Å². The normalized spacial score (nSPS) is 10.7. The average molecular weight is 525 g/mol. The van der Waals surface area contributed by atoms with E-state index in [-0.39, 0.29) is 12.3 Å². The Morgan fingerprint density at radius 1 is 1.21 bits per heavy atom. The highest BCUT2D eigenvalue weighted by molar-refractivity contribution is 14.1. The lowest BCUT2D eigenvalue weighted by molar-refractivity contribution is -0.145. The third kappa shape index (κ3) is 5.63. The predicted octanol–water partition coefficient (Wildman–Crippen LogP) is 3.64. The van der Waals surface area contributed by atoms with Gasteiger partial charge in [0.25, 0.3) is 0 Å². The van der Waals surface area contributed by atoms with Crippen molar-refractivity contribution in [2.45, 2.75) is 24.6 Å². The Labute approximate surface area is 186 Å². The van der Waals surface area contributed by atoms with Gasteiger partial charge < -0.3 is 9.47 Å². The fraction of sp³-hybridized carbons (Fsp3) is 0.250. The topological polar surface area (TPSA) is 75.3 Å². The van der Waals surface area contributed by atoms with Crippen LogP contribution in [0.5, 0.6) is 5.75 Å². The van der Waals surface area contributed by atoms with Crippen molar-refractivity contribution < 1.29 is 14.3 Å². The first kappa shape index (κ1) is 21.4. The molecule has 0 atom stereocenters. The van der Waals surface area contributed by atoms with E-state index in [4.69, 9.17) is 9.47 Å². The lowest BCUT2D eigenvalue weighted by Crippen LogP contribution is -2.23. The van der Waals surface area contributed by atoms with Crippen LogP contribution in [-0.2, 0) is 15.4 Å². The Morgan fingerprint density at radius 2 is 1.97 bits per heavy atom. The van der Waals surface area contributed by atoms with E-state index in [9.17, 15) is 9.59 Å². The molecule has 0 unspecified atom stereocenters. The molecule has 2 aromatic carbocycles. The van der Waals surface area contributed by atoms with E-state index >= 15 is 0 Å². The predicted molar refractivity (Wildman–Crippen MR) is 120 cm³/mol. The van der Waals surface area contributed by atoms with Gasteiger partial charge in [0.1, 0.15) is 12.1 Å². The fourth-order valence-electron chi connectivity index (χ4n) is 2.55. The highest BCUT2D eigenvalue weighted by Crippen LogP contribution is 2.26. The van der Waals surface area contributed by atoms with E-state index in [2.05, 4.69) is 27.7 Å². The molecule has 152 valence electrons. The molecule has 0 bridgehead atoms. The molecule has 0 saturated carbocycles. The van der Waals surface area contributed by atoms with Gasteiger partial charge in [-0.1, -0.05) is 0 Å². The number of aromatic nitrogens is 3. The second-order valence-electron chi connectivity index (χ2n) is 6.05. The summed E-state index contributed by atoms with van der Waals surface area (Å²) in [7, 11) is 0. The smallest absolute Gasteiger partial charge is 0.351 e. The van der Waals surface area contributed by atoms with E-state index in [1.54, 1.807) is 6.92 Å². The number of hydrogen-bond acceptors (Lipinski definition) is 6. The van der Waals surface area contributed by atoms with Crippen molar-refractivity contribution in [2.24, 2.45) is 0 Å². The molecule has 3 rings (SSSR count). The van der Waals surface area contributed by atoms with E-state index in [1.165, 1.54) is 27.3 Å². The summed E-state index contributed by atoms with van der Waals surface area (Å²) in [5.41, 5.74) is 1.49. The van der Waals surface area contributed by atoms with Crippen molar-refractivity contribution in [2.75, 3.05) is 13.2 Å². The third-order valence-electron chi connectivity index (χ3n) is 3.99. The summed E-state index contributed by atoms with van der Waals surface area (Å²) in [4.78, 5) is 25.0. The summed E-state index contributed by atoms with van der Waals surface area (Å²) < 4.78 is 14.4. The number of rotatable bonds is 8. The number of ether oxygens (including phenoxy) is 2. The van der Waals surface area contributed by atoms with Gasteiger partial charge in [-0.3, -0.25) is 0 Å². The second kappa shape index (κ2) is 9.97. The molecule has 7 nitrogen and oxygen atoms in total. The minimum Gasteiger partial charge on any atom is -0.482 e. The zero-order chi connectivity index (χ0) is 20.8. The van der Waals surface area contributed by atoms with E-state index in [0.29, 0.717) is 18.2 Å². The molecule has 0 spiro atoms. The van der Waals surface area contributed by atoms with Gasteiger partial charge in [0.15, 0.2) is 6.61 Å². The fourth-order valence-corrected chi connectivity index (χ4v) is 3.79. The molecule has 0 saturated heterocycles. The molecule has 0 radical (unpaired) electrons. The molecular formula is C20H20IN3O4S. The van der Waals surface area contributed by atoms with Gasteiger partial charge in [-0.15, -0.1) is 11.8 Å². The first-order valence-corrected chi connectivity index (χ1v) is 11.0. The van der Waals surface area contributed by atoms with Crippen LogP contribution in [0, 0.1) is 10.5 Å². The van der Waals surface area contributed by atoms with Crippen LogP contribution in [0.1, 0.15) is 12.5 Å². The number of aryl methyl sites for hydroxylation is 1. The van der Waals surface area contributed by atoms with Crippen LogP contribution in [0.3, 0.4) is 0 Å². The SMILES string of the molecule is CCOC(=O)COc1ccc(SCn2ncn(-c3ccc(I)cc3)c2=O)cc1C. The van der Waals surface area contributed by atoms with Crippen LogP contribution in [0.4, 0.5) is 0 Å². The summed E-state index contributed by atoms with van der Waals surface area (Å²) in [6.07, 6.45) is 1.53. The van der Waals surface area contributed by atoms with Gasteiger partial charge in [-0.25, -0.2) is 18.8 Å². The van der Waals surface area contributed by atoms with Gasteiger partial charge in [-0.05, 0) is 84.5 Å². The molecule has 1 aromatic heterocycles. The van der Waals surface area contributed by atoms with E-state index < -0.39 is 5.97 Å². The molecule has 0 aliphatic rings. The second-order valence-corrected chi connectivity index (χ2v) is 8.32. The maximum absolute atomic E-state index is 12.6. The van der Waals surface area contributed by atoms with Crippen LogP contribution in [0.2, 0.25) is 0 Å². The summed E-state index contributed by atoms with van der Waals surface area (Å²) in [5.74, 6) is 0.620. The summed E-state index contributed by atoms with van der Waals surface area (Å²) in [5, 5.41) is 4.20. The van der Waals surface area contributed by atoms with Gasteiger partial charge in [0, 0.05) is 8.47 Å². The first-order chi connectivity index (χ1) is 14.0. The lowest BCUT2D eigenvalue weighted by atomic mass is 10.2. The highest BCUT2D eigenvalue weighted by Gasteiger charge is 2.09. The van der Waals surface area contributed by atoms with Gasteiger partial charge in [0.2, 0.25) is 0 Å². The van der Waals surface area contributed by atoms with Gasteiger partial charge >= 0.3 is 11.7 Å². The minimum absolute atomic E-state index is 0.119. The Bertz CT molecular complexity index is 1050. The van der Waals surface area contributed by atoms with Gasteiger partial charge in [-0.2, -0.15) is 5.10 Å². The number of thioether (sulfide) groups is 1. The van der Waals surface area contributed by atoms with Crippen molar-refractivity contribution in [1.29, 1.82) is 0 Å². The van der Waals surface area contributed by atoms with Crippen LogP contribution < -0.4 is 10.4 Å². The van der Waals surface area contributed by atoms with Crippen molar-refractivity contribution in [3.63, 3.8) is 0 Å². The van der Waals surface area contributed by atoms with Crippen LogP contribution in [0.15, 0.2) is 58.5 Å². The minimum atomic E-state index is -0.395. The molecule has 0 N–H and O–H groups in total. The van der Waals surface area contributed by atoms with Crippen LogP contribution in [-0.4, -0.2) is 33.5 Å². The molecular weight excluding hydrogens is 505 g/mol. The zero-order valence-electron chi connectivity index (χ0n) is 16.0. The Kier molecular flexibility index (Phi) is 7.37. The number of hydrogen-bond donors (Lipinski definition) is 0. The quantitative estimate of drug-likeness (QED) is 0.254. The third-order valence-corrected chi connectivity index (χ3v) is 5.67. The molecule has 29 heavy (non-hydrogen) atoms. The van der Waals surface area contributed by atoms with E-state index in [0.717, 1.165) is 19.7 Å². The monoisotopic (exact) mass is 525 g/mol. The summed E-state index contributed by atoms with van der Waals surface area (Å²) >= 11 is 3.72. The van der Waals surface area contributed by atoms with E-state index in [1.807, 2.05) is 49.4 Å². The van der Waals surface area contributed by atoms with Crippen molar-refractivity contribution >= 4 is 40.3 Å². The number of carbonyl (C=O) groups excluding carboxylic acids is 1. The molecule has 9 heteroatoms. The molecule has 0 aliphatic heterocycles. The molecule has 1 heterocycles. The summed E-state index contributed by atoms with van der Waals surface area (Å²) in [6.45, 7) is 3.87. The van der Waals surface area contributed by atoms with Crippen LogP contribution >= 0.6 is 34.4 Å². The maximum Gasteiger partial charge on any atom is 0.351 e. The highest BCUT2D eigenvalue weighted by atomic mass is 127. The largest absolute Gasteiger partial charge is 0.482 e. The van der Waals surface area contributed by atoms with Crippen molar-refractivity contribution in [3.8, 4) is 11.4 Å². The molecule has 0 aliphatic carbocycles. The molecule has 0 amide bonds. The number of halogens is 1. The summed E-state index contributed by atoms with van der Waals surface area (Å²) in [6, 6.07) is 13.3. The maximum atomic E-state index is 12.6.